The van der Waals surface area contributed by atoms with Crippen LogP contribution in [0.15, 0.2) is 121 Å². The van der Waals surface area contributed by atoms with Crippen molar-refractivity contribution in [1.82, 2.24) is 4.98 Å². The average molecular weight is 440 g/mol. The Morgan fingerprint density at radius 1 is 0.735 bits per heavy atom. The first-order chi connectivity index (χ1) is 16.9. The summed E-state index contributed by atoms with van der Waals surface area (Å²) in [6.45, 7) is 0. The second-order valence-electron chi connectivity index (χ2n) is 8.98. The zero-order valence-corrected chi connectivity index (χ0v) is 19.0. The van der Waals surface area contributed by atoms with E-state index >= 15 is 0 Å². The molecule has 0 unspecified atom stereocenters. The van der Waals surface area contributed by atoms with E-state index in [-0.39, 0.29) is 11.8 Å². The van der Waals surface area contributed by atoms with Crippen LogP contribution in [-0.4, -0.2) is 11.2 Å². The van der Waals surface area contributed by atoms with E-state index in [2.05, 4.69) is 138 Å². The van der Waals surface area contributed by atoms with Crippen molar-refractivity contribution in [2.24, 2.45) is 0 Å². The fraction of sp³-hybridized carbons (Fsp3) is 0.0938. The van der Waals surface area contributed by atoms with Gasteiger partial charge in [-0.3, -0.25) is 0 Å². The van der Waals surface area contributed by atoms with Crippen LogP contribution in [0.1, 0.15) is 34.1 Å². The lowest BCUT2D eigenvalue weighted by atomic mass is 9.76. The third-order valence-corrected chi connectivity index (χ3v) is 6.92. The quantitative estimate of drug-likeness (QED) is 0.317. The third kappa shape index (κ3) is 3.88. The largest absolute Gasteiger partial charge is 0.361 e. The van der Waals surface area contributed by atoms with E-state index in [0.717, 1.165) is 6.42 Å². The summed E-state index contributed by atoms with van der Waals surface area (Å²) < 4.78 is 0. The zero-order valence-electron chi connectivity index (χ0n) is 19.0. The fourth-order valence-corrected chi connectivity index (χ4v) is 5.24. The maximum absolute atomic E-state index is 3.53. The van der Waals surface area contributed by atoms with Crippen molar-refractivity contribution in [1.29, 1.82) is 0 Å². The van der Waals surface area contributed by atoms with Crippen molar-refractivity contribution >= 4 is 28.4 Å². The van der Waals surface area contributed by atoms with Crippen LogP contribution in [0, 0.1) is 0 Å². The molecule has 6 rings (SSSR count). The Balaban J connectivity index is 1.53. The van der Waals surface area contributed by atoms with E-state index in [1.807, 2.05) is 0 Å². The normalized spacial score (nSPS) is 15.5. The Kier molecular flexibility index (Phi) is 5.41. The Bertz CT molecular complexity index is 1480. The molecule has 0 saturated carbocycles. The summed E-state index contributed by atoms with van der Waals surface area (Å²) in [5.41, 5.74) is 8.93. The summed E-state index contributed by atoms with van der Waals surface area (Å²) in [5, 5.41) is 1.30. The highest BCUT2D eigenvalue weighted by atomic mass is 14.8. The molecule has 2 heteroatoms. The monoisotopic (exact) mass is 439 g/mol. The maximum atomic E-state index is 3.53. The predicted molar refractivity (Wildman–Crippen MR) is 141 cm³/mol. The van der Waals surface area contributed by atoms with Gasteiger partial charge in [-0.25, -0.2) is 4.99 Å². The van der Waals surface area contributed by atoms with Crippen LogP contribution in [0.5, 0.6) is 0 Å². The molecule has 1 aliphatic heterocycles. The van der Waals surface area contributed by atoms with Gasteiger partial charge in [0.2, 0.25) is 5.69 Å². The van der Waals surface area contributed by atoms with Crippen molar-refractivity contribution in [3.05, 3.63) is 144 Å². The van der Waals surface area contributed by atoms with E-state index in [9.17, 15) is 0 Å². The van der Waals surface area contributed by atoms with Crippen LogP contribution in [0.2, 0.25) is 0 Å². The standard InChI is InChI=1S/C32H26N2/c1-3-11-23(12-4-1)19-29(30-22-34-32-18-10-8-16-27(30)32)28(24-13-5-2-6-14-24)20-25-21-33-31-17-9-7-15-26(25)31/h1-18,20-22,28-29,34H,19H2/p+1/b25-20-/t28-,29-/m1/s1. The molecule has 0 radical (unpaired) electrons. The Morgan fingerprint density at radius 2 is 1.44 bits per heavy atom. The molecule has 2 heterocycles. The molecular weight excluding hydrogens is 412 g/mol. The number of hydrogen-bond acceptors (Lipinski definition) is 0. The molecule has 0 fully saturated rings. The Labute approximate surface area is 200 Å². The molecule has 0 amide bonds. The summed E-state index contributed by atoms with van der Waals surface area (Å²) in [5.74, 6) is 0.481. The number of para-hydroxylation sites is 2. The van der Waals surface area contributed by atoms with Crippen molar-refractivity contribution in [2.45, 2.75) is 18.3 Å². The number of hydrogen-bond donors (Lipinski definition) is 2. The maximum Gasteiger partial charge on any atom is 0.211 e. The summed E-state index contributed by atoms with van der Waals surface area (Å²) >= 11 is 0. The molecule has 0 saturated heterocycles. The molecule has 1 aliphatic rings. The number of fused-ring (bicyclic) bond motifs is 2. The van der Waals surface area contributed by atoms with E-state index in [4.69, 9.17) is 0 Å². The minimum Gasteiger partial charge on any atom is -0.361 e. The summed E-state index contributed by atoms with van der Waals surface area (Å²) in [7, 11) is 0. The predicted octanol–water partition coefficient (Wildman–Crippen LogP) is 6.16. The SMILES string of the molecule is C1=[NH+]c2ccccc2/C1=C\[C@H](c1ccccc1)[C@@H](Cc1ccccc1)c1c[nH]c2ccccc12. The summed E-state index contributed by atoms with van der Waals surface area (Å²) in [6.07, 6.45) is 7.79. The van der Waals surface area contributed by atoms with E-state index in [1.165, 1.54) is 44.4 Å². The van der Waals surface area contributed by atoms with Gasteiger partial charge in [-0.2, -0.15) is 0 Å². The first-order valence-electron chi connectivity index (χ1n) is 11.9. The number of nitrogens with one attached hydrogen (secondary N) is 2. The molecule has 164 valence electrons. The molecule has 2 nitrogen and oxygen atoms in total. The van der Waals surface area contributed by atoms with Gasteiger partial charge in [0, 0.05) is 40.6 Å². The minimum atomic E-state index is 0.208. The van der Waals surface area contributed by atoms with Gasteiger partial charge in [0.25, 0.3) is 0 Å². The second kappa shape index (κ2) is 8.99. The molecule has 4 aromatic carbocycles. The van der Waals surface area contributed by atoms with Gasteiger partial charge in [0.05, 0.1) is 5.56 Å². The van der Waals surface area contributed by atoms with Gasteiger partial charge in [0.1, 0.15) is 0 Å². The van der Waals surface area contributed by atoms with Crippen LogP contribution in [-0.2, 0) is 6.42 Å². The minimum absolute atomic E-state index is 0.208. The lowest BCUT2D eigenvalue weighted by molar-refractivity contribution is -0.342. The number of allylic oxidation sites excluding steroid dienone is 2. The summed E-state index contributed by atoms with van der Waals surface area (Å²) in [4.78, 5) is 6.99. The first kappa shape index (κ1) is 20.4. The highest BCUT2D eigenvalue weighted by Crippen LogP contribution is 2.41. The zero-order chi connectivity index (χ0) is 22.7. The van der Waals surface area contributed by atoms with Crippen LogP contribution >= 0.6 is 0 Å². The number of benzene rings is 4. The molecule has 2 atom stereocenters. The molecule has 34 heavy (non-hydrogen) atoms. The number of aromatic amines is 1. The van der Waals surface area contributed by atoms with E-state index in [0.29, 0.717) is 0 Å². The average Bonchev–Trinajstić information content (AvgIpc) is 3.52. The number of H-pyrrole nitrogens is 1. The highest BCUT2D eigenvalue weighted by molar-refractivity contribution is 6.11. The van der Waals surface area contributed by atoms with Gasteiger partial charge < -0.3 is 4.98 Å². The molecule has 5 aromatic rings. The van der Waals surface area contributed by atoms with Crippen molar-refractivity contribution < 1.29 is 4.99 Å². The van der Waals surface area contributed by atoms with Gasteiger partial charge in [-0.05, 0) is 35.2 Å². The topological polar surface area (TPSA) is 29.8 Å². The smallest absolute Gasteiger partial charge is 0.211 e. The Hall–Kier alpha value is -4.17. The van der Waals surface area contributed by atoms with Gasteiger partial charge in [-0.15, -0.1) is 0 Å². The Morgan fingerprint density at radius 3 is 2.29 bits per heavy atom. The van der Waals surface area contributed by atoms with Gasteiger partial charge in [0.15, 0.2) is 6.21 Å². The van der Waals surface area contributed by atoms with Crippen molar-refractivity contribution in [3.63, 3.8) is 0 Å². The molecule has 0 aliphatic carbocycles. The molecule has 0 spiro atoms. The van der Waals surface area contributed by atoms with Crippen LogP contribution in [0.3, 0.4) is 0 Å². The highest BCUT2D eigenvalue weighted by Gasteiger charge is 2.28. The van der Waals surface area contributed by atoms with Gasteiger partial charge in [-0.1, -0.05) is 97.1 Å². The van der Waals surface area contributed by atoms with E-state index < -0.39 is 0 Å². The molecular formula is C32H27N2+. The van der Waals surface area contributed by atoms with Crippen LogP contribution in [0.25, 0.3) is 16.5 Å². The lowest BCUT2D eigenvalue weighted by Gasteiger charge is -2.26. The number of aromatic nitrogens is 1. The molecule has 1 aromatic heterocycles. The van der Waals surface area contributed by atoms with Crippen molar-refractivity contribution in [2.75, 3.05) is 0 Å². The van der Waals surface area contributed by atoms with Crippen LogP contribution < -0.4 is 4.99 Å². The lowest BCUT2D eigenvalue weighted by Crippen LogP contribution is -2.58. The second-order valence-corrected chi connectivity index (χ2v) is 8.98. The van der Waals surface area contributed by atoms with Crippen LogP contribution in [0.4, 0.5) is 5.69 Å². The van der Waals surface area contributed by atoms with Gasteiger partial charge >= 0.3 is 0 Å². The van der Waals surface area contributed by atoms with E-state index in [1.54, 1.807) is 0 Å². The molecule has 2 N–H and O–H groups in total. The molecule has 0 bridgehead atoms. The first-order valence-corrected chi connectivity index (χ1v) is 11.9. The fourth-order valence-electron chi connectivity index (χ4n) is 5.24. The van der Waals surface area contributed by atoms with Crippen molar-refractivity contribution in [3.8, 4) is 0 Å². The summed E-state index contributed by atoms with van der Waals surface area (Å²) in [6, 6.07) is 39.0. The third-order valence-electron chi connectivity index (χ3n) is 6.92. The number of rotatable bonds is 6.